The fourth-order valence-corrected chi connectivity index (χ4v) is 2.10. The normalized spacial score (nSPS) is 20.4. The molecule has 15 heavy (non-hydrogen) atoms. The molecule has 3 nitrogen and oxygen atoms in total. The van der Waals surface area contributed by atoms with E-state index in [0.29, 0.717) is 17.6 Å². The van der Waals surface area contributed by atoms with Crippen LogP contribution in [-0.2, 0) is 4.79 Å². The molecule has 0 bridgehead atoms. The molecule has 0 N–H and O–H groups in total. The lowest BCUT2D eigenvalue weighted by Crippen LogP contribution is -2.24. The van der Waals surface area contributed by atoms with Gasteiger partial charge in [-0.3, -0.25) is 4.79 Å². The van der Waals surface area contributed by atoms with Gasteiger partial charge in [-0.05, 0) is 28.1 Å². The van der Waals surface area contributed by atoms with E-state index >= 15 is 0 Å². The maximum absolute atomic E-state index is 11.7. The largest absolute Gasteiger partial charge is 0.309 e. The summed E-state index contributed by atoms with van der Waals surface area (Å²) < 4.78 is 0.677. The molecule has 1 saturated heterocycles. The maximum Gasteiger partial charge on any atom is 0.228 e. The van der Waals surface area contributed by atoms with Crippen LogP contribution in [0.15, 0.2) is 22.9 Å². The summed E-state index contributed by atoms with van der Waals surface area (Å²) in [5, 5.41) is 0. The molecule has 1 amide bonds. The first kappa shape index (κ1) is 10.2. The number of nitrogens with zero attached hydrogens (tertiary/aromatic N) is 2. The van der Waals surface area contributed by atoms with Gasteiger partial charge in [0.05, 0.1) is 5.69 Å². The van der Waals surface area contributed by atoms with Gasteiger partial charge in [-0.1, -0.05) is 0 Å². The Kier molecular flexibility index (Phi) is 2.74. The van der Waals surface area contributed by atoms with Gasteiger partial charge in [-0.25, -0.2) is 4.98 Å². The van der Waals surface area contributed by atoms with Crippen molar-refractivity contribution < 1.29 is 4.79 Å². The molecule has 1 aromatic rings. The summed E-state index contributed by atoms with van der Waals surface area (Å²) in [6.45, 7) is 0.583. The standard InChI is InChI=1S/C11H9BrN2O/c1-2-8-6-10(15)14(7-8)9-4-3-5-13-11(9)12/h1,3-5,8H,6-7H2. The van der Waals surface area contributed by atoms with Gasteiger partial charge in [-0.15, -0.1) is 12.3 Å². The second-order valence-electron chi connectivity index (χ2n) is 3.39. The molecule has 0 aliphatic carbocycles. The van der Waals surface area contributed by atoms with Crippen molar-refractivity contribution in [2.75, 3.05) is 11.4 Å². The monoisotopic (exact) mass is 264 g/mol. The zero-order valence-electron chi connectivity index (χ0n) is 7.98. The molecule has 0 spiro atoms. The van der Waals surface area contributed by atoms with E-state index in [1.807, 2.05) is 6.07 Å². The van der Waals surface area contributed by atoms with Crippen LogP contribution in [0.2, 0.25) is 0 Å². The van der Waals surface area contributed by atoms with E-state index in [1.165, 1.54) is 0 Å². The smallest absolute Gasteiger partial charge is 0.228 e. The first-order valence-corrected chi connectivity index (χ1v) is 5.38. The quantitative estimate of drug-likeness (QED) is 0.573. The molecule has 76 valence electrons. The van der Waals surface area contributed by atoms with Crippen LogP contribution in [0.25, 0.3) is 0 Å². The molecule has 1 aromatic heterocycles. The number of halogens is 1. The molecule has 2 rings (SSSR count). The van der Waals surface area contributed by atoms with Crippen molar-refractivity contribution >= 4 is 27.5 Å². The molecule has 1 fully saturated rings. The van der Waals surface area contributed by atoms with Crippen molar-refractivity contribution in [3.8, 4) is 12.3 Å². The van der Waals surface area contributed by atoms with Gasteiger partial charge >= 0.3 is 0 Å². The molecule has 1 unspecified atom stereocenters. The summed E-state index contributed by atoms with van der Waals surface area (Å²) in [4.78, 5) is 17.4. The fraction of sp³-hybridized carbons (Fsp3) is 0.273. The van der Waals surface area contributed by atoms with Gasteiger partial charge < -0.3 is 4.90 Å². The number of hydrogen-bond acceptors (Lipinski definition) is 2. The Hall–Kier alpha value is -1.34. The van der Waals surface area contributed by atoms with Crippen molar-refractivity contribution in [1.29, 1.82) is 0 Å². The van der Waals surface area contributed by atoms with Gasteiger partial charge in [0.1, 0.15) is 4.60 Å². The highest BCUT2D eigenvalue weighted by Gasteiger charge is 2.30. The number of amides is 1. The van der Waals surface area contributed by atoms with Gasteiger partial charge in [0.25, 0.3) is 0 Å². The van der Waals surface area contributed by atoms with Crippen molar-refractivity contribution in [2.24, 2.45) is 5.92 Å². The van der Waals surface area contributed by atoms with E-state index in [9.17, 15) is 4.79 Å². The molecule has 4 heteroatoms. The zero-order chi connectivity index (χ0) is 10.8. The molecule has 1 aliphatic heterocycles. The van der Waals surface area contributed by atoms with Crippen molar-refractivity contribution in [3.05, 3.63) is 22.9 Å². The van der Waals surface area contributed by atoms with Gasteiger partial charge in [-0.2, -0.15) is 0 Å². The van der Waals surface area contributed by atoms with E-state index in [4.69, 9.17) is 6.42 Å². The predicted molar refractivity (Wildman–Crippen MR) is 61.2 cm³/mol. The lowest BCUT2D eigenvalue weighted by atomic mass is 10.1. The Balaban J connectivity index is 2.30. The number of rotatable bonds is 1. The first-order chi connectivity index (χ1) is 7.22. The van der Waals surface area contributed by atoms with E-state index in [-0.39, 0.29) is 11.8 Å². The Morgan fingerprint density at radius 3 is 3.07 bits per heavy atom. The van der Waals surface area contributed by atoms with Crippen molar-refractivity contribution in [1.82, 2.24) is 4.98 Å². The lowest BCUT2D eigenvalue weighted by Gasteiger charge is -2.16. The highest BCUT2D eigenvalue weighted by molar-refractivity contribution is 9.10. The molecule has 0 radical (unpaired) electrons. The van der Waals surface area contributed by atoms with E-state index in [2.05, 4.69) is 26.8 Å². The van der Waals surface area contributed by atoms with E-state index in [0.717, 1.165) is 5.69 Å². The highest BCUT2D eigenvalue weighted by atomic mass is 79.9. The third-order valence-electron chi connectivity index (χ3n) is 2.39. The summed E-state index contributed by atoms with van der Waals surface area (Å²) in [6, 6.07) is 3.66. The summed E-state index contributed by atoms with van der Waals surface area (Å²) in [6.07, 6.45) is 7.42. The van der Waals surface area contributed by atoms with Crippen LogP contribution in [-0.4, -0.2) is 17.4 Å². The summed E-state index contributed by atoms with van der Waals surface area (Å²) in [7, 11) is 0. The van der Waals surface area contributed by atoms with Crippen molar-refractivity contribution in [3.63, 3.8) is 0 Å². The zero-order valence-corrected chi connectivity index (χ0v) is 9.57. The van der Waals surface area contributed by atoms with Crippen LogP contribution in [0.1, 0.15) is 6.42 Å². The molecular weight excluding hydrogens is 256 g/mol. The molecule has 0 saturated carbocycles. The van der Waals surface area contributed by atoms with Gasteiger partial charge in [0.2, 0.25) is 5.91 Å². The van der Waals surface area contributed by atoms with Crippen LogP contribution in [0.4, 0.5) is 5.69 Å². The Morgan fingerprint density at radius 1 is 1.67 bits per heavy atom. The minimum Gasteiger partial charge on any atom is -0.309 e. The molecule has 1 aliphatic rings. The Labute approximate surface area is 96.6 Å². The second kappa shape index (κ2) is 4.03. The summed E-state index contributed by atoms with van der Waals surface area (Å²) >= 11 is 3.32. The van der Waals surface area contributed by atoms with Gasteiger partial charge in [0.15, 0.2) is 0 Å². The highest BCUT2D eigenvalue weighted by Crippen LogP contribution is 2.29. The average molecular weight is 265 g/mol. The van der Waals surface area contributed by atoms with Crippen LogP contribution >= 0.6 is 15.9 Å². The predicted octanol–water partition coefficient (Wildman–Crippen LogP) is 1.83. The summed E-state index contributed by atoms with van der Waals surface area (Å²) in [5.41, 5.74) is 0.792. The molecular formula is C11H9BrN2O. The number of terminal acetylenes is 1. The van der Waals surface area contributed by atoms with Crippen LogP contribution in [0, 0.1) is 18.3 Å². The van der Waals surface area contributed by atoms with Crippen molar-refractivity contribution in [2.45, 2.75) is 6.42 Å². The number of anilines is 1. The van der Waals surface area contributed by atoms with E-state index < -0.39 is 0 Å². The fourth-order valence-electron chi connectivity index (χ4n) is 1.63. The van der Waals surface area contributed by atoms with Crippen LogP contribution < -0.4 is 4.90 Å². The number of carbonyl (C=O) groups excluding carboxylic acids is 1. The molecule has 0 aromatic carbocycles. The topological polar surface area (TPSA) is 33.2 Å². The molecule has 1 atom stereocenters. The minimum atomic E-state index is 0.0182. The van der Waals surface area contributed by atoms with E-state index in [1.54, 1.807) is 17.2 Å². The number of aromatic nitrogens is 1. The number of pyridine rings is 1. The number of hydrogen-bond donors (Lipinski definition) is 0. The van der Waals surface area contributed by atoms with Gasteiger partial charge in [0, 0.05) is 25.1 Å². The average Bonchev–Trinajstić information content (AvgIpc) is 2.60. The SMILES string of the molecule is C#CC1CC(=O)N(c2cccnc2Br)C1. The Bertz CT molecular complexity index is 438. The third kappa shape index (κ3) is 1.88. The van der Waals surface area contributed by atoms with Crippen LogP contribution in [0.3, 0.4) is 0 Å². The minimum absolute atomic E-state index is 0.0182. The number of carbonyl (C=O) groups is 1. The first-order valence-electron chi connectivity index (χ1n) is 4.59. The Morgan fingerprint density at radius 2 is 2.47 bits per heavy atom. The van der Waals surface area contributed by atoms with Crippen LogP contribution in [0.5, 0.6) is 0 Å². The second-order valence-corrected chi connectivity index (χ2v) is 4.14. The summed E-state index contributed by atoms with van der Waals surface area (Å²) in [5.74, 6) is 2.70. The lowest BCUT2D eigenvalue weighted by molar-refractivity contribution is -0.117. The molecule has 2 heterocycles. The maximum atomic E-state index is 11.7. The third-order valence-corrected chi connectivity index (χ3v) is 3.00.